The number of nitrogens with one attached hydrogen (secondary N) is 1. The molecule has 0 atom stereocenters. The van der Waals surface area contributed by atoms with Crippen LogP contribution in [-0.2, 0) is 0 Å². The minimum Gasteiger partial charge on any atom is -0.384 e. The number of allylic oxidation sites excluding steroid dienone is 1. The van der Waals surface area contributed by atoms with Gasteiger partial charge in [-0.15, -0.1) is 0 Å². The van der Waals surface area contributed by atoms with Gasteiger partial charge in [0.15, 0.2) is 0 Å². The summed E-state index contributed by atoms with van der Waals surface area (Å²) in [6.07, 6.45) is 6.94. The van der Waals surface area contributed by atoms with E-state index in [1.165, 1.54) is 0 Å². The summed E-state index contributed by atoms with van der Waals surface area (Å²) in [5.41, 5.74) is 6.47. The molecule has 1 aromatic heterocycles. The molecule has 0 radical (unpaired) electrons. The van der Waals surface area contributed by atoms with Crippen molar-refractivity contribution in [2.45, 2.75) is 13.3 Å². The van der Waals surface area contributed by atoms with Gasteiger partial charge in [0.25, 0.3) is 0 Å². The lowest BCUT2D eigenvalue weighted by atomic mass is 10.3. The third-order valence-corrected chi connectivity index (χ3v) is 1.66. The SMILES string of the molecule is C/C=C/CCNc1ccc(N)nc1. The van der Waals surface area contributed by atoms with Crippen molar-refractivity contribution >= 4 is 11.5 Å². The van der Waals surface area contributed by atoms with Crippen molar-refractivity contribution in [2.24, 2.45) is 0 Å². The zero-order chi connectivity index (χ0) is 9.52. The van der Waals surface area contributed by atoms with Crippen molar-refractivity contribution in [2.75, 3.05) is 17.6 Å². The first-order valence-electron chi connectivity index (χ1n) is 4.39. The molecule has 0 aliphatic rings. The molecule has 1 rings (SSSR count). The molecule has 1 heterocycles. The molecule has 0 saturated carbocycles. The topological polar surface area (TPSA) is 50.9 Å². The third kappa shape index (κ3) is 3.60. The van der Waals surface area contributed by atoms with Crippen molar-refractivity contribution in [3.63, 3.8) is 0 Å². The van der Waals surface area contributed by atoms with Gasteiger partial charge in [-0.05, 0) is 25.5 Å². The number of nitrogens with zero attached hydrogens (tertiary/aromatic N) is 1. The van der Waals surface area contributed by atoms with Crippen LogP contribution in [0.4, 0.5) is 11.5 Å². The van der Waals surface area contributed by atoms with Crippen LogP contribution in [-0.4, -0.2) is 11.5 Å². The van der Waals surface area contributed by atoms with Crippen LogP contribution in [0.15, 0.2) is 30.5 Å². The van der Waals surface area contributed by atoms with Crippen molar-refractivity contribution in [3.8, 4) is 0 Å². The molecule has 0 saturated heterocycles. The van der Waals surface area contributed by atoms with Crippen molar-refractivity contribution in [1.29, 1.82) is 0 Å². The molecule has 1 aromatic rings. The molecule has 0 spiro atoms. The van der Waals surface area contributed by atoms with Crippen LogP contribution in [0.5, 0.6) is 0 Å². The third-order valence-electron chi connectivity index (χ3n) is 1.66. The number of pyridine rings is 1. The maximum atomic E-state index is 5.45. The number of anilines is 2. The Hall–Kier alpha value is -1.51. The van der Waals surface area contributed by atoms with Crippen LogP contribution >= 0.6 is 0 Å². The van der Waals surface area contributed by atoms with Gasteiger partial charge in [0.2, 0.25) is 0 Å². The van der Waals surface area contributed by atoms with Gasteiger partial charge in [0.1, 0.15) is 5.82 Å². The molecular weight excluding hydrogens is 162 g/mol. The minimum absolute atomic E-state index is 0.555. The highest BCUT2D eigenvalue weighted by molar-refractivity contribution is 5.45. The molecule has 0 aromatic carbocycles. The molecule has 0 fully saturated rings. The van der Waals surface area contributed by atoms with Crippen LogP contribution < -0.4 is 11.1 Å². The average molecular weight is 177 g/mol. The molecule has 13 heavy (non-hydrogen) atoms. The average Bonchev–Trinajstić information content (AvgIpc) is 2.15. The quantitative estimate of drug-likeness (QED) is 0.546. The molecular formula is C10H15N3. The predicted molar refractivity (Wildman–Crippen MR) is 56.6 cm³/mol. The summed E-state index contributed by atoms with van der Waals surface area (Å²) in [6.45, 7) is 2.95. The van der Waals surface area contributed by atoms with Crippen molar-refractivity contribution in [1.82, 2.24) is 4.98 Å². The fourth-order valence-corrected chi connectivity index (χ4v) is 0.976. The molecule has 0 unspecified atom stereocenters. The van der Waals surface area contributed by atoms with Crippen LogP contribution in [0.2, 0.25) is 0 Å². The first-order chi connectivity index (χ1) is 6.33. The summed E-state index contributed by atoms with van der Waals surface area (Å²) in [6, 6.07) is 3.72. The smallest absolute Gasteiger partial charge is 0.123 e. The summed E-state index contributed by atoms with van der Waals surface area (Å²) in [5, 5.41) is 3.24. The standard InChI is InChI=1S/C10H15N3/c1-2-3-4-7-12-9-5-6-10(11)13-8-9/h2-3,5-6,8,12H,4,7H2,1H3,(H2,11,13)/b3-2+. The van der Waals surface area contributed by atoms with Crippen molar-refractivity contribution < 1.29 is 0 Å². The molecule has 0 bridgehead atoms. The van der Waals surface area contributed by atoms with Crippen LogP contribution in [0.1, 0.15) is 13.3 Å². The maximum absolute atomic E-state index is 5.45. The Morgan fingerprint density at radius 2 is 2.38 bits per heavy atom. The van der Waals surface area contributed by atoms with Crippen LogP contribution in [0.25, 0.3) is 0 Å². The zero-order valence-electron chi connectivity index (χ0n) is 7.83. The lowest BCUT2D eigenvalue weighted by molar-refractivity contribution is 1.06. The number of hydrogen-bond donors (Lipinski definition) is 2. The number of aromatic nitrogens is 1. The number of nitrogen functional groups attached to an aromatic ring is 1. The van der Waals surface area contributed by atoms with Gasteiger partial charge in [-0.3, -0.25) is 0 Å². The van der Waals surface area contributed by atoms with Gasteiger partial charge in [-0.1, -0.05) is 12.2 Å². The Morgan fingerprint density at radius 1 is 1.54 bits per heavy atom. The summed E-state index contributed by atoms with van der Waals surface area (Å²) in [5.74, 6) is 0.555. The summed E-state index contributed by atoms with van der Waals surface area (Å²) >= 11 is 0. The van der Waals surface area contributed by atoms with E-state index in [0.717, 1.165) is 18.7 Å². The van der Waals surface area contributed by atoms with E-state index in [-0.39, 0.29) is 0 Å². The summed E-state index contributed by atoms with van der Waals surface area (Å²) in [4.78, 5) is 3.98. The highest BCUT2D eigenvalue weighted by Gasteiger charge is 1.90. The Bertz CT molecular complexity index is 264. The van der Waals surface area contributed by atoms with Gasteiger partial charge >= 0.3 is 0 Å². The number of hydrogen-bond acceptors (Lipinski definition) is 3. The van der Waals surface area contributed by atoms with Crippen molar-refractivity contribution in [3.05, 3.63) is 30.5 Å². The summed E-state index contributed by atoms with van der Waals surface area (Å²) in [7, 11) is 0. The van der Waals surface area contributed by atoms with E-state index in [4.69, 9.17) is 5.73 Å². The highest BCUT2D eigenvalue weighted by Crippen LogP contribution is 2.06. The first-order valence-corrected chi connectivity index (χ1v) is 4.39. The first kappa shape index (κ1) is 9.58. The fraction of sp³-hybridized carbons (Fsp3) is 0.300. The molecule has 0 aliphatic carbocycles. The summed E-state index contributed by atoms with van der Waals surface area (Å²) < 4.78 is 0. The van der Waals surface area contributed by atoms with Gasteiger partial charge in [-0.2, -0.15) is 0 Å². The Balaban J connectivity index is 2.33. The van der Waals surface area contributed by atoms with E-state index in [1.807, 2.05) is 19.1 Å². The van der Waals surface area contributed by atoms with Gasteiger partial charge < -0.3 is 11.1 Å². The van der Waals surface area contributed by atoms with E-state index in [9.17, 15) is 0 Å². The molecule has 70 valence electrons. The van der Waals surface area contributed by atoms with Gasteiger partial charge in [-0.25, -0.2) is 4.98 Å². The Labute approximate surface area is 78.7 Å². The molecule has 0 aliphatic heterocycles. The maximum Gasteiger partial charge on any atom is 0.123 e. The van der Waals surface area contributed by atoms with Crippen LogP contribution in [0, 0.1) is 0 Å². The molecule has 3 nitrogen and oxygen atoms in total. The Morgan fingerprint density at radius 3 is 3.00 bits per heavy atom. The van der Waals surface area contributed by atoms with E-state index < -0.39 is 0 Å². The fourth-order valence-electron chi connectivity index (χ4n) is 0.976. The number of rotatable bonds is 4. The van der Waals surface area contributed by atoms with Gasteiger partial charge in [0, 0.05) is 6.54 Å². The molecule has 0 amide bonds. The predicted octanol–water partition coefficient (Wildman–Crippen LogP) is 2.04. The highest BCUT2D eigenvalue weighted by atomic mass is 14.9. The van der Waals surface area contributed by atoms with E-state index >= 15 is 0 Å². The van der Waals surface area contributed by atoms with Crippen LogP contribution in [0.3, 0.4) is 0 Å². The van der Waals surface area contributed by atoms with E-state index in [0.29, 0.717) is 5.82 Å². The number of nitrogens with two attached hydrogens (primary N) is 1. The zero-order valence-corrected chi connectivity index (χ0v) is 7.83. The second kappa shape index (κ2) is 5.19. The Kier molecular flexibility index (Phi) is 3.82. The molecule has 3 heteroatoms. The monoisotopic (exact) mass is 177 g/mol. The molecule has 3 N–H and O–H groups in total. The second-order valence-corrected chi connectivity index (χ2v) is 2.76. The van der Waals surface area contributed by atoms with E-state index in [2.05, 4.69) is 16.4 Å². The lowest BCUT2D eigenvalue weighted by Crippen LogP contribution is -2.00. The lowest BCUT2D eigenvalue weighted by Gasteiger charge is -2.03. The second-order valence-electron chi connectivity index (χ2n) is 2.76. The van der Waals surface area contributed by atoms with E-state index in [1.54, 1.807) is 12.3 Å². The normalized spacial score (nSPS) is 10.5. The minimum atomic E-state index is 0.555. The largest absolute Gasteiger partial charge is 0.384 e. The van der Waals surface area contributed by atoms with Gasteiger partial charge in [0.05, 0.1) is 11.9 Å².